The number of aryl methyl sites for hydroxylation is 1. The summed E-state index contributed by atoms with van der Waals surface area (Å²) < 4.78 is 0. The maximum Gasteiger partial charge on any atom is -0.00117 e. The van der Waals surface area contributed by atoms with E-state index in [-0.39, 0.29) is 0 Å². The molecule has 0 saturated carbocycles. The fraction of sp³-hybridized carbons (Fsp3) is 0.0476. The number of benzene rings is 3. The molecule has 0 heterocycles. The van der Waals surface area contributed by atoms with E-state index >= 15 is 0 Å². The van der Waals surface area contributed by atoms with Crippen molar-refractivity contribution in [1.29, 1.82) is 0 Å². The summed E-state index contributed by atoms with van der Waals surface area (Å²) in [6.45, 7) is 2.23. The Balaban J connectivity index is 2.24. The van der Waals surface area contributed by atoms with Crippen molar-refractivity contribution in [2.24, 2.45) is 0 Å². The lowest BCUT2D eigenvalue weighted by Gasteiger charge is -2.08. The van der Waals surface area contributed by atoms with Crippen molar-refractivity contribution in [3.63, 3.8) is 0 Å². The minimum absolute atomic E-state index is 1.34. The molecule has 0 radical (unpaired) electrons. The summed E-state index contributed by atoms with van der Waals surface area (Å²) in [6, 6.07) is 24.3. The molecule has 0 fully saturated rings. The van der Waals surface area contributed by atoms with Crippen molar-refractivity contribution < 1.29 is 0 Å². The van der Waals surface area contributed by atoms with Crippen LogP contribution in [0.15, 0.2) is 66.7 Å². The van der Waals surface area contributed by atoms with Crippen LogP contribution in [0.4, 0.5) is 0 Å². The lowest BCUT2D eigenvalue weighted by atomic mass is 9.95. The van der Waals surface area contributed by atoms with Gasteiger partial charge in [-0.05, 0) is 55.9 Å². The number of hydrogen-bond donors (Lipinski definition) is 0. The molecular weight excluding hydrogens is 252 g/mol. The number of fused-ring (bicyclic) bond motifs is 3. The predicted molar refractivity (Wildman–Crippen MR) is 91.5 cm³/mol. The second kappa shape index (κ2) is 3.73. The van der Waals surface area contributed by atoms with Gasteiger partial charge in [-0.3, -0.25) is 0 Å². The van der Waals surface area contributed by atoms with Crippen molar-refractivity contribution in [2.45, 2.75) is 6.92 Å². The average molecular weight is 266 g/mol. The van der Waals surface area contributed by atoms with Crippen LogP contribution in [0.5, 0.6) is 0 Å². The summed E-state index contributed by atoms with van der Waals surface area (Å²) in [5.74, 6) is 0. The number of hydrogen-bond acceptors (Lipinski definition) is 0. The van der Waals surface area contributed by atoms with Crippen molar-refractivity contribution in [1.82, 2.24) is 0 Å². The molecule has 98 valence electrons. The average Bonchev–Trinajstić information content (AvgIpc) is 2.65. The van der Waals surface area contributed by atoms with Crippen LogP contribution in [-0.2, 0) is 0 Å². The van der Waals surface area contributed by atoms with Gasteiger partial charge in [0.2, 0.25) is 0 Å². The predicted octanol–water partition coefficient (Wildman–Crippen LogP) is 6.00. The molecule has 0 aliphatic heterocycles. The normalized spacial score (nSPS) is 12.0. The highest BCUT2D eigenvalue weighted by atomic mass is 14.2. The van der Waals surface area contributed by atoms with Gasteiger partial charge >= 0.3 is 0 Å². The molecule has 5 rings (SSSR count). The Morgan fingerprint density at radius 1 is 0.571 bits per heavy atom. The van der Waals surface area contributed by atoms with E-state index in [0.717, 1.165) is 0 Å². The van der Waals surface area contributed by atoms with Crippen molar-refractivity contribution in [2.75, 3.05) is 0 Å². The maximum absolute atomic E-state index is 2.33. The van der Waals surface area contributed by atoms with E-state index in [2.05, 4.69) is 73.7 Å². The van der Waals surface area contributed by atoms with E-state index in [1.165, 1.54) is 49.0 Å². The van der Waals surface area contributed by atoms with Gasteiger partial charge in [0.25, 0.3) is 0 Å². The second-order valence-electron chi connectivity index (χ2n) is 5.87. The third-order valence-electron chi connectivity index (χ3n) is 4.69. The Kier molecular flexibility index (Phi) is 1.97. The molecule has 0 unspecified atom stereocenters. The van der Waals surface area contributed by atoms with E-state index in [9.17, 15) is 0 Å². The van der Waals surface area contributed by atoms with Crippen LogP contribution in [0.1, 0.15) is 5.56 Å². The van der Waals surface area contributed by atoms with Gasteiger partial charge in [-0.25, -0.2) is 0 Å². The van der Waals surface area contributed by atoms with Crippen LogP contribution in [-0.4, -0.2) is 0 Å². The van der Waals surface area contributed by atoms with Gasteiger partial charge in [-0.2, -0.15) is 0 Å². The van der Waals surface area contributed by atoms with E-state index in [1.54, 1.807) is 0 Å². The van der Waals surface area contributed by atoms with Crippen LogP contribution in [0.25, 0.3) is 43.4 Å². The summed E-state index contributed by atoms with van der Waals surface area (Å²) in [5, 5.41) is 8.33. The molecule has 0 bridgehead atoms. The summed E-state index contributed by atoms with van der Waals surface area (Å²) in [4.78, 5) is 0. The van der Waals surface area contributed by atoms with Gasteiger partial charge in [0.05, 0.1) is 0 Å². The van der Waals surface area contributed by atoms with E-state index in [4.69, 9.17) is 0 Å². The molecule has 0 spiro atoms. The van der Waals surface area contributed by atoms with E-state index in [1.807, 2.05) is 0 Å². The smallest absolute Gasteiger partial charge is 0.00117 e. The first-order valence-corrected chi connectivity index (χ1v) is 7.39. The molecule has 2 aliphatic rings. The standard InChI is InChI=1S/C21H14/c1-13-12-15-7-5-6-14-10-11-18-16-8-3-2-4-9-17(16)19(13)21(18)20(14)15/h2-12H,1H3. The van der Waals surface area contributed by atoms with Crippen molar-refractivity contribution in [3.8, 4) is 11.1 Å². The van der Waals surface area contributed by atoms with E-state index < -0.39 is 0 Å². The molecule has 0 nitrogen and oxygen atoms in total. The van der Waals surface area contributed by atoms with Crippen molar-refractivity contribution >= 4 is 32.3 Å². The molecule has 0 aromatic heterocycles. The fourth-order valence-electron chi connectivity index (χ4n) is 3.86. The maximum atomic E-state index is 2.33. The zero-order valence-corrected chi connectivity index (χ0v) is 11.9. The van der Waals surface area contributed by atoms with Gasteiger partial charge in [-0.1, -0.05) is 66.7 Å². The topological polar surface area (TPSA) is 0 Å². The largest absolute Gasteiger partial charge is 0.0622 e. The molecule has 3 aromatic carbocycles. The Hall–Kier alpha value is -2.60. The Morgan fingerprint density at radius 3 is 2.29 bits per heavy atom. The van der Waals surface area contributed by atoms with Gasteiger partial charge in [-0.15, -0.1) is 0 Å². The van der Waals surface area contributed by atoms with Crippen LogP contribution in [0.2, 0.25) is 0 Å². The summed E-state index contributed by atoms with van der Waals surface area (Å²) in [7, 11) is 0. The Bertz CT molecular complexity index is 1090. The van der Waals surface area contributed by atoms with Gasteiger partial charge < -0.3 is 0 Å². The highest BCUT2D eigenvalue weighted by molar-refractivity contribution is 6.31. The SMILES string of the molecule is Cc1cc2cccc3ccc4c5cccccc-5c1c4c32. The van der Waals surface area contributed by atoms with Gasteiger partial charge in [0, 0.05) is 0 Å². The lowest BCUT2D eigenvalue weighted by molar-refractivity contribution is 1.57. The zero-order valence-electron chi connectivity index (χ0n) is 11.9. The third kappa shape index (κ3) is 1.30. The Labute approximate surface area is 123 Å². The van der Waals surface area contributed by atoms with E-state index in [0.29, 0.717) is 0 Å². The summed E-state index contributed by atoms with van der Waals surface area (Å²) in [5.41, 5.74) is 4.09. The van der Waals surface area contributed by atoms with Crippen LogP contribution in [0.3, 0.4) is 0 Å². The quantitative estimate of drug-likeness (QED) is 0.322. The number of rotatable bonds is 0. The molecule has 3 aromatic rings. The summed E-state index contributed by atoms with van der Waals surface area (Å²) >= 11 is 0. The highest BCUT2D eigenvalue weighted by Crippen LogP contribution is 2.46. The molecule has 0 amide bonds. The van der Waals surface area contributed by atoms with Crippen LogP contribution < -0.4 is 0 Å². The minimum Gasteiger partial charge on any atom is -0.0622 e. The lowest BCUT2D eigenvalue weighted by Crippen LogP contribution is -1.82. The first kappa shape index (κ1) is 11.1. The first-order valence-electron chi connectivity index (χ1n) is 7.39. The Morgan fingerprint density at radius 2 is 1.38 bits per heavy atom. The zero-order chi connectivity index (χ0) is 14.0. The highest BCUT2D eigenvalue weighted by Gasteiger charge is 2.18. The molecule has 21 heavy (non-hydrogen) atoms. The molecule has 0 saturated heterocycles. The van der Waals surface area contributed by atoms with Gasteiger partial charge in [0.1, 0.15) is 0 Å². The van der Waals surface area contributed by atoms with Crippen molar-refractivity contribution in [3.05, 3.63) is 72.3 Å². The first-order chi connectivity index (χ1) is 10.3. The molecule has 0 atom stereocenters. The molecule has 0 N–H and O–H groups in total. The summed E-state index contributed by atoms with van der Waals surface area (Å²) in [6.07, 6.45) is 0. The monoisotopic (exact) mass is 266 g/mol. The minimum atomic E-state index is 1.34. The van der Waals surface area contributed by atoms with Crippen LogP contribution in [0, 0.1) is 6.92 Å². The molecule has 2 aliphatic carbocycles. The molecule has 0 heteroatoms. The second-order valence-corrected chi connectivity index (χ2v) is 5.87. The molecular formula is C21H14. The fourth-order valence-corrected chi connectivity index (χ4v) is 3.86. The van der Waals surface area contributed by atoms with Crippen LogP contribution >= 0.6 is 0 Å². The third-order valence-corrected chi connectivity index (χ3v) is 4.69. The van der Waals surface area contributed by atoms with Gasteiger partial charge in [0.15, 0.2) is 0 Å².